The fourth-order valence-corrected chi connectivity index (χ4v) is 2.53. The zero-order valence-electron chi connectivity index (χ0n) is 10.8. The molecule has 1 unspecified atom stereocenters. The molecule has 0 amide bonds. The van der Waals surface area contributed by atoms with Crippen LogP contribution in [-0.4, -0.2) is 21.9 Å². The van der Waals surface area contributed by atoms with Crippen molar-refractivity contribution < 1.29 is 0 Å². The maximum Gasteiger partial charge on any atom is 0.202 e. The Morgan fingerprint density at radius 2 is 2.11 bits per heavy atom. The Labute approximate surface area is 122 Å². The molecule has 0 spiro atoms. The Kier molecular flexibility index (Phi) is 5.13. The monoisotopic (exact) mass is 296 g/mol. The van der Waals surface area contributed by atoms with Crippen LogP contribution in [0.25, 0.3) is 0 Å². The molecular weight excluding hydrogens is 280 g/mol. The molecule has 1 aromatic carbocycles. The van der Waals surface area contributed by atoms with Crippen LogP contribution in [0, 0.1) is 0 Å². The van der Waals surface area contributed by atoms with Gasteiger partial charge in [-0.2, -0.15) is 4.37 Å². The van der Waals surface area contributed by atoms with Crippen LogP contribution in [0.1, 0.15) is 24.7 Å². The molecule has 1 heterocycles. The van der Waals surface area contributed by atoms with Gasteiger partial charge in [-0.25, -0.2) is 4.98 Å². The molecule has 1 aromatic heterocycles. The van der Waals surface area contributed by atoms with E-state index in [1.807, 2.05) is 24.3 Å². The van der Waals surface area contributed by atoms with Crippen molar-refractivity contribution in [3.05, 3.63) is 40.7 Å². The predicted molar refractivity (Wildman–Crippen MR) is 80.9 cm³/mol. The number of hydrogen-bond donors (Lipinski definition) is 2. The number of benzene rings is 1. The zero-order chi connectivity index (χ0) is 13.7. The second kappa shape index (κ2) is 6.84. The molecule has 0 fully saturated rings. The van der Waals surface area contributed by atoms with E-state index in [0.717, 1.165) is 34.4 Å². The van der Waals surface area contributed by atoms with Crippen molar-refractivity contribution in [2.75, 3.05) is 11.9 Å². The second-order valence-corrected chi connectivity index (χ2v) is 5.63. The van der Waals surface area contributed by atoms with E-state index in [2.05, 4.69) is 21.6 Å². The summed E-state index contributed by atoms with van der Waals surface area (Å²) in [6.07, 6.45) is 1.65. The molecule has 0 radical (unpaired) electrons. The minimum atomic E-state index is 0.321. The summed E-state index contributed by atoms with van der Waals surface area (Å²) in [7, 11) is 0. The first-order valence-corrected chi connectivity index (χ1v) is 7.36. The highest BCUT2D eigenvalue weighted by Gasteiger charge is 2.07. The third-order valence-corrected chi connectivity index (χ3v) is 3.65. The molecule has 2 aromatic rings. The van der Waals surface area contributed by atoms with Crippen molar-refractivity contribution in [1.82, 2.24) is 9.36 Å². The van der Waals surface area contributed by atoms with E-state index in [0.29, 0.717) is 12.6 Å². The van der Waals surface area contributed by atoms with Crippen molar-refractivity contribution in [2.24, 2.45) is 5.73 Å². The fraction of sp³-hybridized carbons (Fsp3) is 0.385. The largest absolute Gasteiger partial charge is 0.358 e. The van der Waals surface area contributed by atoms with E-state index in [4.69, 9.17) is 17.3 Å². The van der Waals surface area contributed by atoms with Gasteiger partial charge in [0.15, 0.2) is 0 Å². The molecule has 6 heteroatoms. The Hall–Kier alpha value is -1.17. The fourth-order valence-electron chi connectivity index (χ4n) is 1.70. The molecule has 19 heavy (non-hydrogen) atoms. The van der Waals surface area contributed by atoms with E-state index in [1.165, 1.54) is 11.5 Å². The zero-order valence-corrected chi connectivity index (χ0v) is 12.3. The summed E-state index contributed by atoms with van der Waals surface area (Å²) in [5.41, 5.74) is 6.68. The summed E-state index contributed by atoms with van der Waals surface area (Å²) in [6, 6.07) is 8.07. The topological polar surface area (TPSA) is 63.8 Å². The molecule has 0 aliphatic heterocycles. The summed E-state index contributed by atoms with van der Waals surface area (Å²) in [4.78, 5) is 4.47. The van der Waals surface area contributed by atoms with Crippen molar-refractivity contribution in [2.45, 2.75) is 25.8 Å². The van der Waals surface area contributed by atoms with Crippen LogP contribution in [0.5, 0.6) is 0 Å². The van der Waals surface area contributed by atoms with Gasteiger partial charge < -0.3 is 11.1 Å². The summed E-state index contributed by atoms with van der Waals surface area (Å²) in [5.74, 6) is 0.828. The standard InChI is InChI=1S/C13H17ClN4S/c1-9(6-7-15)16-13-17-12(18-19-13)8-10-2-4-11(14)5-3-10/h2-5,9H,6-8,15H2,1H3,(H,16,17,18). The van der Waals surface area contributed by atoms with Crippen molar-refractivity contribution in [1.29, 1.82) is 0 Å². The summed E-state index contributed by atoms with van der Waals surface area (Å²) in [6.45, 7) is 2.76. The number of nitrogens with two attached hydrogens (primary N) is 1. The molecular formula is C13H17ClN4S. The van der Waals surface area contributed by atoms with Gasteiger partial charge >= 0.3 is 0 Å². The van der Waals surface area contributed by atoms with E-state index < -0.39 is 0 Å². The smallest absolute Gasteiger partial charge is 0.202 e. The molecule has 102 valence electrons. The van der Waals surface area contributed by atoms with Crippen LogP contribution >= 0.6 is 23.1 Å². The molecule has 0 bridgehead atoms. The summed E-state index contributed by atoms with van der Waals surface area (Å²) in [5, 5.41) is 4.90. The normalized spacial score (nSPS) is 12.4. The Morgan fingerprint density at radius 3 is 2.79 bits per heavy atom. The van der Waals surface area contributed by atoms with Crippen LogP contribution in [0.4, 0.5) is 5.13 Å². The third-order valence-electron chi connectivity index (χ3n) is 2.71. The van der Waals surface area contributed by atoms with Crippen LogP contribution in [0.2, 0.25) is 5.02 Å². The van der Waals surface area contributed by atoms with Gasteiger partial charge in [0.2, 0.25) is 5.13 Å². The van der Waals surface area contributed by atoms with E-state index >= 15 is 0 Å². The number of nitrogens with one attached hydrogen (secondary N) is 1. The van der Waals surface area contributed by atoms with Gasteiger partial charge in [0.25, 0.3) is 0 Å². The minimum absolute atomic E-state index is 0.321. The number of nitrogens with zero attached hydrogens (tertiary/aromatic N) is 2. The highest BCUT2D eigenvalue weighted by molar-refractivity contribution is 7.09. The predicted octanol–water partition coefficient (Wildman–Crippen LogP) is 2.93. The average Bonchev–Trinajstić information content (AvgIpc) is 2.80. The number of rotatable bonds is 6. The van der Waals surface area contributed by atoms with Gasteiger partial charge in [-0.3, -0.25) is 0 Å². The Bertz CT molecular complexity index is 512. The molecule has 0 saturated heterocycles. The Balaban J connectivity index is 1.95. The molecule has 4 nitrogen and oxygen atoms in total. The number of aromatic nitrogens is 2. The molecule has 0 aliphatic rings. The van der Waals surface area contributed by atoms with Gasteiger partial charge in [-0.05, 0) is 37.6 Å². The van der Waals surface area contributed by atoms with Crippen LogP contribution in [0.3, 0.4) is 0 Å². The maximum absolute atomic E-state index is 5.86. The number of anilines is 1. The molecule has 2 rings (SSSR count). The van der Waals surface area contributed by atoms with Crippen LogP contribution < -0.4 is 11.1 Å². The van der Waals surface area contributed by atoms with Crippen molar-refractivity contribution in [3.63, 3.8) is 0 Å². The molecule has 1 atom stereocenters. The highest BCUT2D eigenvalue weighted by Crippen LogP contribution is 2.17. The van der Waals surface area contributed by atoms with Gasteiger partial charge in [0, 0.05) is 29.0 Å². The number of hydrogen-bond acceptors (Lipinski definition) is 5. The first-order chi connectivity index (χ1) is 9.17. The third kappa shape index (κ3) is 4.45. The molecule has 3 N–H and O–H groups in total. The molecule has 0 saturated carbocycles. The van der Waals surface area contributed by atoms with E-state index in [1.54, 1.807) is 0 Å². The average molecular weight is 297 g/mol. The molecule has 0 aliphatic carbocycles. The lowest BCUT2D eigenvalue weighted by Gasteiger charge is -2.09. The first-order valence-electron chi connectivity index (χ1n) is 6.21. The SMILES string of the molecule is CC(CCN)Nc1nc(Cc2ccc(Cl)cc2)ns1. The highest BCUT2D eigenvalue weighted by atomic mass is 35.5. The van der Waals surface area contributed by atoms with Crippen molar-refractivity contribution in [3.8, 4) is 0 Å². The number of halogens is 1. The second-order valence-electron chi connectivity index (χ2n) is 4.44. The van der Waals surface area contributed by atoms with Crippen molar-refractivity contribution >= 4 is 28.3 Å². The van der Waals surface area contributed by atoms with E-state index in [9.17, 15) is 0 Å². The lowest BCUT2D eigenvalue weighted by Crippen LogP contribution is -2.19. The Morgan fingerprint density at radius 1 is 1.37 bits per heavy atom. The lowest BCUT2D eigenvalue weighted by molar-refractivity contribution is 0.715. The minimum Gasteiger partial charge on any atom is -0.358 e. The van der Waals surface area contributed by atoms with E-state index in [-0.39, 0.29) is 0 Å². The van der Waals surface area contributed by atoms with Crippen LogP contribution in [-0.2, 0) is 6.42 Å². The lowest BCUT2D eigenvalue weighted by atomic mass is 10.1. The quantitative estimate of drug-likeness (QED) is 0.860. The summed E-state index contributed by atoms with van der Waals surface area (Å²) < 4.78 is 4.35. The van der Waals surface area contributed by atoms with Crippen LogP contribution in [0.15, 0.2) is 24.3 Å². The summed E-state index contributed by atoms with van der Waals surface area (Å²) >= 11 is 7.24. The first kappa shape index (κ1) is 14.2. The van der Waals surface area contributed by atoms with Gasteiger partial charge in [-0.15, -0.1) is 0 Å². The van der Waals surface area contributed by atoms with Gasteiger partial charge in [0.05, 0.1) is 0 Å². The maximum atomic E-state index is 5.86. The van der Waals surface area contributed by atoms with Gasteiger partial charge in [0.1, 0.15) is 5.82 Å². The van der Waals surface area contributed by atoms with Gasteiger partial charge in [-0.1, -0.05) is 23.7 Å².